The lowest BCUT2D eigenvalue weighted by molar-refractivity contribution is -0.137. The number of hydrogen-bond acceptors (Lipinski definition) is 5. The molecule has 0 aliphatic rings. The number of halogens is 3. The number of imide groups is 1. The van der Waals surface area contributed by atoms with E-state index in [1.165, 1.54) is 24.5 Å². The topological polar surface area (TPSA) is 76.1 Å². The third-order valence-corrected chi connectivity index (χ3v) is 6.66. The second-order valence-electron chi connectivity index (χ2n) is 9.16. The number of anilines is 1. The molecule has 0 saturated heterocycles. The van der Waals surface area contributed by atoms with Crippen molar-refractivity contribution in [3.8, 4) is 11.1 Å². The Labute approximate surface area is 231 Å². The number of rotatable bonds is 4. The summed E-state index contributed by atoms with van der Waals surface area (Å²) in [7, 11) is 0. The maximum atomic E-state index is 14.4. The zero-order chi connectivity index (χ0) is 28.6. The molecule has 3 aromatic carbocycles. The first-order valence-corrected chi connectivity index (χ1v) is 12.5. The first kappa shape index (κ1) is 25.8. The molecule has 41 heavy (non-hydrogen) atoms. The summed E-state index contributed by atoms with van der Waals surface area (Å²) in [6.07, 6.45) is -1.18. The van der Waals surface area contributed by atoms with Gasteiger partial charge in [0.25, 0.3) is 11.8 Å². The smallest absolute Gasteiger partial charge is 0.268 e. The molecule has 0 unspecified atom stereocenters. The van der Waals surface area contributed by atoms with Gasteiger partial charge >= 0.3 is 6.18 Å². The van der Waals surface area contributed by atoms with Crippen LogP contribution in [-0.4, -0.2) is 26.8 Å². The standard InChI is InChI=1S/C32H19F3N4O2/c33-32(34,35)21-18-26(20-8-2-1-3-9-20)29(38-19-21)39(30(40)24-14-16-36-27-12-6-4-10-22(24)27)31(41)25-15-17-37-28-13-7-5-11-23(25)28/h1-19H. The van der Waals surface area contributed by atoms with E-state index in [0.29, 0.717) is 33.6 Å². The fourth-order valence-electron chi connectivity index (χ4n) is 4.71. The molecule has 6 aromatic rings. The van der Waals surface area contributed by atoms with Crippen molar-refractivity contribution in [1.82, 2.24) is 15.0 Å². The lowest BCUT2D eigenvalue weighted by Gasteiger charge is -2.24. The highest BCUT2D eigenvalue weighted by molar-refractivity contribution is 6.30. The molecule has 200 valence electrons. The van der Waals surface area contributed by atoms with Gasteiger partial charge in [-0.2, -0.15) is 13.2 Å². The molecule has 2 amide bonds. The minimum absolute atomic E-state index is 0.0288. The van der Waals surface area contributed by atoms with Gasteiger partial charge in [0, 0.05) is 34.9 Å². The highest BCUT2D eigenvalue weighted by Crippen LogP contribution is 2.37. The van der Waals surface area contributed by atoms with Gasteiger partial charge in [-0.15, -0.1) is 0 Å². The van der Waals surface area contributed by atoms with Crippen molar-refractivity contribution >= 4 is 39.4 Å². The number of alkyl halides is 3. The normalized spacial score (nSPS) is 11.5. The van der Waals surface area contributed by atoms with Crippen LogP contribution < -0.4 is 4.90 Å². The van der Waals surface area contributed by atoms with E-state index in [-0.39, 0.29) is 22.5 Å². The minimum Gasteiger partial charge on any atom is -0.268 e. The zero-order valence-corrected chi connectivity index (χ0v) is 21.2. The van der Waals surface area contributed by atoms with E-state index in [9.17, 15) is 22.8 Å². The van der Waals surface area contributed by atoms with Gasteiger partial charge in [0.1, 0.15) is 0 Å². The molecular weight excluding hydrogens is 529 g/mol. The summed E-state index contributed by atoms with van der Waals surface area (Å²) >= 11 is 0. The number of carbonyl (C=O) groups excluding carboxylic acids is 2. The van der Waals surface area contributed by atoms with Crippen molar-refractivity contribution in [3.63, 3.8) is 0 Å². The van der Waals surface area contributed by atoms with E-state index >= 15 is 0 Å². The first-order valence-electron chi connectivity index (χ1n) is 12.5. The molecule has 0 N–H and O–H groups in total. The number of fused-ring (bicyclic) bond motifs is 2. The molecule has 0 atom stereocenters. The highest BCUT2D eigenvalue weighted by Gasteiger charge is 2.35. The van der Waals surface area contributed by atoms with Crippen molar-refractivity contribution < 1.29 is 22.8 Å². The summed E-state index contributed by atoms with van der Waals surface area (Å²) in [5.74, 6) is -1.76. The largest absolute Gasteiger partial charge is 0.417 e. The Morgan fingerprint density at radius 3 is 1.68 bits per heavy atom. The van der Waals surface area contributed by atoms with Gasteiger partial charge in [0.15, 0.2) is 5.82 Å². The van der Waals surface area contributed by atoms with Crippen LogP contribution >= 0.6 is 0 Å². The predicted octanol–water partition coefficient (Wildman–Crippen LogP) is 7.35. The fourth-order valence-corrected chi connectivity index (χ4v) is 4.71. The average Bonchev–Trinajstić information content (AvgIpc) is 3.00. The van der Waals surface area contributed by atoms with Crippen LogP contribution in [-0.2, 0) is 6.18 Å². The molecule has 0 spiro atoms. The lowest BCUT2D eigenvalue weighted by Crippen LogP contribution is -2.38. The third kappa shape index (κ3) is 4.78. The van der Waals surface area contributed by atoms with E-state index in [2.05, 4.69) is 15.0 Å². The summed E-state index contributed by atoms with van der Waals surface area (Å²) in [4.78, 5) is 42.3. The zero-order valence-electron chi connectivity index (χ0n) is 21.2. The van der Waals surface area contributed by atoms with E-state index in [1.807, 2.05) is 0 Å². The van der Waals surface area contributed by atoms with Crippen molar-refractivity contribution in [1.29, 1.82) is 0 Å². The second-order valence-corrected chi connectivity index (χ2v) is 9.16. The molecule has 6 nitrogen and oxygen atoms in total. The number of aromatic nitrogens is 3. The van der Waals surface area contributed by atoms with Crippen molar-refractivity contribution in [3.05, 3.63) is 132 Å². The van der Waals surface area contributed by atoms with Gasteiger partial charge in [-0.1, -0.05) is 66.7 Å². The Hall–Kier alpha value is -5.44. The monoisotopic (exact) mass is 548 g/mol. The molecular formula is C32H19F3N4O2. The second kappa shape index (κ2) is 10.3. The summed E-state index contributed by atoms with van der Waals surface area (Å²) in [5.41, 5.74) is 0.631. The van der Waals surface area contributed by atoms with Gasteiger partial charge in [-0.3, -0.25) is 19.6 Å². The van der Waals surface area contributed by atoms with E-state index in [0.717, 1.165) is 11.0 Å². The molecule has 6 rings (SSSR count). The summed E-state index contributed by atoms with van der Waals surface area (Å²) < 4.78 is 41.4. The van der Waals surface area contributed by atoms with E-state index < -0.39 is 23.6 Å². The van der Waals surface area contributed by atoms with Gasteiger partial charge < -0.3 is 0 Å². The Morgan fingerprint density at radius 2 is 1.15 bits per heavy atom. The number of hydrogen-bond donors (Lipinski definition) is 0. The SMILES string of the molecule is O=C(c1ccnc2ccccc12)N(C(=O)c1ccnc2ccccc12)c1ncc(C(F)(F)F)cc1-c1ccccc1. The fraction of sp³-hybridized carbons (Fsp3) is 0.0312. The summed E-state index contributed by atoms with van der Waals surface area (Å²) in [6, 6.07) is 25.9. The number of carbonyl (C=O) groups is 2. The Morgan fingerprint density at radius 1 is 0.634 bits per heavy atom. The molecule has 0 fully saturated rings. The highest BCUT2D eigenvalue weighted by atomic mass is 19.4. The van der Waals surface area contributed by atoms with Gasteiger partial charge in [0.2, 0.25) is 0 Å². The van der Waals surface area contributed by atoms with Crippen LogP contribution in [0.25, 0.3) is 32.9 Å². The van der Waals surface area contributed by atoms with Crippen LogP contribution in [0.4, 0.5) is 19.0 Å². The van der Waals surface area contributed by atoms with Crippen LogP contribution in [0.1, 0.15) is 26.3 Å². The average molecular weight is 549 g/mol. The Balaban J connectivity index is 1.63. The molecule has 0 saturated carbocycles. The Kier molecular flexibility index (Phi) is 6.47. The number of amides is 2. The lowest BCUT2D eigenvalue weighted by atomic mass is 10.0. The molecule has 0 aliphatic carbocycles. The van der Waals surface area contributed by atoms with Crippen LogP contribution in [0.3, 0.4) is 0 Å². The van der Waals surface area contributed by atoms with Crippen molar-refractivity contribution in [2.45, 2.75) is 6.18 Å². The maximum Gasteiger partial charge on any atom is 0.417 e. The van der Waals surface area contributed by atoms with Crippen molar-refractivity contribution in [2.75, 3.05) is 4.90 Å². The number of para-hydroxylation sites is 2. The van der Waals surface area contributed by atoms with Crippen LogP contribution in [0.5, 0.6) is 0 Å². The van der Waals surface area contributed by atoms with Crippen LogP contribution in [0, 0.1) is 0 Å². The number of pyridine rings is 3. The van der Waals surface area contributed by atoms with E-state index in [1.54, 1.807) is 78.9 Å². The van der Waals surface area contributed by atoms with Gasteiger partial charge in [-0.05, 0) is 35.9 Å². The molecule has 0 bridgehead atoms. The van der Waals surface area contributed by atoms with E-state index in [4.69, 9.17) is 0 Å². The number of benzene rings is 3. The van der Waals surface area contributed by atoms with Gasteiger partial charge in [0.05, 0.1) is 27.7 Å². The predicted molar refractivity (Wildman–Crippen MR) is 149 cm³/mol. The van der Waals surface area contributed by atoms with Gasteiger partial charge in [-0.25, -0.2) is 9.88 Å². The third-order valence-electron chi connectivity index (χ3n) is 6.66. The van der Waals surface area contributed by atoms with Crippen molar-refractivity contribution in [2.24, 2.45) is 0 Å². The molecule has 3 aromatic heterocycles. The molecule has 0 radical (unpaired) electrons. The Bertz CT molecular complexity index is 1840. The quantitative estimate of drug-likeness (QED) is 0.215. The first-order chi connectivity index (χ1) is 19.8. The number of nitrogens with zero attached hydrogens (tertiary/aromatic N) is 4. The van der Waals surface area contributed by atoms with Crippen LogP contribution in [0.2, 0.25) is 0 Å². The maximum absolute atomic E-state index is 14.4. The molecule has 9 heteroatoms. The minimum atomic E-state index is -4.70. The molecule has 0 aliphatic heterocycles. The summed E-state index contributed by atoms with van der Waals surface area (Å²) in [6.45, 7) is 0. The van der Waals surface area contributed by atoms with Crippen LogP contribution in [0.15, 0.2) is 116 Å². The summed E-state index contributed by atoms with van der Waals surface area (Å²) in [5, 5.41) is 0.955. The molecule has 3 heterocycles.